The van der Waals surface area contributed by atoms with Crippen molar-refractivity contribution < 1.29 is 19.4 Å². The van der Waals surface area contributed by atoms with Crippen LogP contribution in [0.15, 0.2) is 18.2 Å². The summed E-state index contributed by atoms with van der Waals surface area (Å²) >= 11 is 7.84. The van der Waals surface area contributed by atoms with Crippen LogP contribution in [0, 0.1) is 6.92 Å². The molecule has 0 atom stereocenters. The number of hydrogen-bond donors (Lipinski definition) is 3. The molecule has 0 unspecified atom stereocenters. The van der Waals surface area contributed by atoms with Gasteiger partial charge in [0.05, 0.1) is 18.8 Å². The second-order valence-corrected chi connectivity index (χ2v) is 7.55. The minimum atomic E-state index is -0.743. The van der Waals surface area contributed by atoms with Crippen molar-refractivity contribution >= 4 is 40.9 Å². The topological polar surface area (TPSA) is 87.7 Å². The average molecular weight is 387 g/mol. The first-order chi connectivity index (χ1) is 12.0. The number of thioether (sulfide) groups is 1. The van der Waals surface area contributed by atoms with Crippen LogP contribution >= 0.6 is 23.4 Å². The molecule has 0 spiro atoms. The third kappa shape index (κ3) is 5.60. The number of anilines is 1. The van der Waals surface area contributed by atoms with Gasteiger partial charge in [-0.3, -0.25) is 9.59 Å². The molecule has 1 aliphatic heterocycles. The summed E-state index contributed by atoms with van der Waals surface area (Å²) in [5.41, 5.74) is 0.695. The molecule has 138 valence electrons. The van der Waals surface area contributed by atoms with Gasteiger partial charge in [0.2, 0.25) is 0 Å². The number of carbonyl (C=O) groups excluding carboxylic acids is 2. The third-order valence-electron chi connectivity index (χ3n) is 4.20. The molecule has 0 aliphatic carbocycles. The zero-order valence-corrected chi connectivity index (χ0v) is 15.7. The minimum absolute atomic E-state index is 0.0721. The van der Waals surface area contributed by atoms with Crippen LogP contribution in [0.1, 0.15) is 18.4 Å². The van der Waals surface area contributed by atoms with Crippen LogP contribution in [0.4, 0.5) is 5.69 Å². The van der Waals surface area contributed by atoms with Crippen LogP contribution in [0.3, 0.4) is 0 Å². The van der Waals surface area contributed by atoms with Crippen LogP contribution < -0.4 is 10.6 Å². The lowest BCUT2D eigenvalue weighted by Crippen LogP contribution is -2.50. The summed E-state index contributed by atoms with van der Waals surface area (Å²) in [6.45, 7) is 2.16. The summed E-state index contributed by atoms with van der Waals surface area (Å²) in [6.07, 6.45) is 1.54. The first-order valence-electron chi connectivity index (χ1n) is 8.14. The SMILES string of the molecule is Cc1c(Cl)cccc1NC(=O)C(=O)NCC1(OCCO)CCSCC1. The lowest BCUT2D eigenvalue weighted by molar-refractivity contribution is -0.137. The fraction of sp³-hybridized carbons (Fsp3) is 0.529. The summed E-state index contributed by atoms with van der Waals surface area (Å²) in [7, 11) is 0. The van der Waals surface area contributed by atoms with Gasteiger partial charge in [0.1, 0.15) is 0 Å². The van der Waals surface area contributed by atoms with Gasteiger partial charge in [-0.25, -0.2) is 0 Å². The van der Waals surface area contributed by atoms with E-state index in [0.29, 0.717) is 16.3 Å². The number of nitrogens with one attached hydrogen (secondary N) is 2. The summed E-state index contributed by atoms with van der Waals surface area (Å²) in [5, 5.41) is 14.7. The van der Waals surface area contributed by atoms with Crippen molar-refractivity contribution in [2.45, 2.75) is 25.4 Å². The highest BCUT2D eigenvalue weighted by atomic mass is 35.5. The Bertz CT molecular complexity index is 621. The summed E-state index contributed by atoms with van der Waals surface area (Å²) in [6, 6.07) is 5.12. The highest BCUT2D eigenvalue weighted by molar-refractivity contribution is 7.99. The molecule has 2 rings (SSSR count). The zero-order valence-electron chi connectivity index (χ0n) is 14.1. The van der Waals surface area contributed by atoms with Crippen molar-refractivity contribution in [3.05, 3.63) is 28.8 Å². The van der Waals surface area contributed by atoms with Crippen molar-refractivity contribution in [1.29, 1.82) is 0 Å². The molecule has 25 heavy (non-hydrogen) atoms. The van der Waals surface area contributed by atoms with Gasteiger partial charge in [0.15, 0.2) is 0 Å². The highest BCUT2D eigenvalue weighted by Gasteiger charge is 2.34. The second-order valence-electron chi connectivity index (χ2n) is 5.92. The van der Waals surface area contributed by atoms with E-state index in [1.165, 1.54) is 0 Å². The smallest absolute Gasteiger partial charge is 0.313 e. The Kier molecular flexibility index (Phi) is 7.56. The molecule has 1 aromatic rings. The van der Waals surface area contributed by atoms with Gasteiger partial charge in [-0.05, 0) is 49.0 Å². The molecule has 3 N–H and O–H groups in total. The third-order valence-corrected chi connectivity index (χ3v) is 5.59. The fourth-order valence-corrected chi connectivity index (χ4v) is 4.03. The van der Waals surface area contributed by atoms with Crippen LogP contribution in [0.2, 0.25) is 5.02 Å². The van der Waals surface area contributed by atoms with Crippen LogP contribution in [-0.4, -0.2) is 53.8 Å². The molecule has 2 amide bonds. The van der Waals surface area contributed by atoms with Gasteiger partial charge in [0.25, 0.3) is 0 Å². The molecule has 0 radical (unpaired) electrons. The number of rotatable bonds is 6. The first kappa shape index (κ1) is 20.0. The van der Waals surface area contributed by atoms with Crippen molar-refractivity contribution in [2.24, 2.45) is 0 Å². The number of amides is 2. The highest BCUT2D eigenvalue weighted by Crippen LogP contribution is 2.30. The first-order valence-corrected chi connectivity index (χ1v) is 9.67. The second kappa shape index (κ2) is 9.43. The summed E-state index contributed by atoms with van der Waals surface area (Å²) in [5.74, 6) is 0.391. The number of aliphatic hydroxyl groups excluding tert-OH is 1. The van der Waals surface area contributed by atoms with Gasteiger partial charge >= 0.3 is 11.8 Å². The number of halogens is 1. The lowest BCUT2D eigenvalue weighted by Gasteiger charge is -2.36. The van der Waals surface area contributed by atoms with E-state index in [4.69, 9.17) is 21.4 Å². The van der Waals surface area contributed by atoms with E-state index in [-0.39, 0.29) is 19.8 Å². The van der Waals surface area contributed by atoms with E-state index in [9.17, 15) is 9.59 Å². The standard InChI is InChI=1S/C17H23ClN2O4S/c1-12-13(18)3-2-4-14(12)20-16(23)15(22)19-11-17(24-8-7-21)5-9-25-10-6-17/h2-4,21H,5-11H2,1H3,(H,19,22)(H,20,23). The predicted molar refractivity (Wildman–Crippen MR) is 100 cm³/mol. The van der Waals surface area contributed by atoms with Crippen LogP contribution in [0.5, 0.6) is 0 Å². The molecule has 1 fully saturated rings. The molecule has 1 saturated heterocycles. The van der Waals surface area contributed by atoms with Gasteiger partial charge in [0, 0.05) is 17.3 Å². The van der Waals surface area contributed by atoms with E-state index >= 15 is 0 Å². The zero-order chi connectivity index (χ0) is 18.3. The van der Waals surface area contributed by atoms with E-state index in [0.717, 1.165) is 24.3 Å². The average Bonchev–Trinajstić information content (AvgIpc) is 2.62. The van der Waals surface area contributed by atoms with Crippen molar-refractivity contribution in [3.63, 3.8) is 0 Å². The Morgan fingerprint density at radius 3 is 2.72 bits per heavy atom. The van der Waals surface area contributed by atoms with Crippen LogP contribution in [-0.2, 0) is 14.3 Å². The van der Waals surface area contributed by atoms with E-state index in [1.807, 2.05) is 11.8 Å². The minimum Gasteiger partial charge on any atom is -0.394 e. The molecule has 1 heterocycles. The maximum absolute atomic E-state index is 12.1. The number of carbonyl (C=O) groups is 2. The Morgan fingerprint density at radius 1 is 1.32 bits per heavy atom. The molecular weight excluding hydrogens is 364 g/mol. The summed E-state index contributed by atoms with van der Waals surface area (Å²) < 4.78 is 5.78. The van der Waals surface area contributed by atoms with Crippen molar-refractivity contribution in [3.8, 4) is 0 Å². The van der Waals surface area contributed by atoms with Gasteiger partial charge in [-0.1, -0.05) is 17.7 Å². The van der Waals surface area contributed by atoms with E-state index < -0.39 is 17.4 Å². The number of ether oxygens (including phenoxy) is 1. The molecule has 8 heteroatoms. The van der Waals surface area contributed by atoms with E-state index in [2.05, 4.69) is 10.6 Å². The largest absolute Gasteiger partial charge is 0.394 e. The predicted octanol–water partition coefficient (Wildman–Crippen LogP) is 1.98. The number of benzene rings is 1. The molecule has 0 bridgehead atoms. The van der Waals surface area contributed by atoms with Gasteiger partial charge < -0.3 is 20.5 Å². The molecule has 1 aromatic carbocycles. The molecule has 0 saturated carbocycles. The number of hydrogen-bond acceptors (Lipinski definition) is 5. The molecule has 0 aromatic heterocycles. The number of aliphatic hydroxyl groups is 1. The normalized spacial score (nSPS) is 16.3. The quantitative estimate of drug-likeness (QED) is 0.651. The van der Waals surface area contributed by atoms with Crippen LogP contribution in [0.25, 0.3) is 0 Å². The van der Waals surface area contributed by atoms with E-state index in [1.54, 1.807) is 25.1 Å². The maximum Gasteiger partial charge on any atom is 0.313 e. The molecule has 6 nitrogen and oxygen atoms in total. The lowest BCUT2D eigenvalue weighted by atomic mass is 9.96. The van der Waals surface area contributed by atoms with Crippen molar-refractivity contribution in [2.75, 3.05) is 36.6 Å². The molecule has 1 aliphatic rings. The van der Waals surface area contributed by atoms with Crippen molar-refractivity contribution in [1.82, 2.24) is 5.32 Å². The Labute approximate surface area is 156 Å². The van der Waals surface area contributed by atoms with Gasteiger partial charge in [-0.15, -0.1) is 0 Å². The maximum atomic E-state index is 12.1. The molecular formula is C17H23ClN2O4S. The summed E-state index contributed by atoms with van der Waals surface area (Å²) in [4.78, 5) is 24.3. The fourth-order valence-electron chi connectivity index (χ4n) is 2.62. The Balaban J connectivity index is 1.93. The Morgan fingerprint density at radius 2 is 2.04 bits per heavy atom. The Hall–Kier alpha value is -1.28. The van der Waals surface area contributed by atoms with Gasteiger partial charge in [-0.2, -0.15) is 11.8 Å². The monoisotopic (exact) mass is 386 g/mol.